The van der Waals surface area contributed by atoms with Crippen LogP contribution in [0.4, 0.5) is 4.39 Å². The maximum absolute atomic E-state index is 13.9. The molecule has 19 heavy (non-hydrogen) atoms. The first-order chi connectivity index (χ1) is 9.02. The number of aldehydes is 1. The lowest BCUT2D eigenvalue weighted by molar-refractivity contribution is -0.108. The number of benzene rings is 2. The topological polar surface area (TPSA) is 17.1 Å². The van der Waals surface area contributed by atoms with Crippen LogP contribution in [0.2, 0.25) is 5.02 Å². The standard InChI is InChI=1S/C15H11BrClFO/c1-9(8-19)10-2-4-12(14(17)6-10)13-5-3-11(16)7-15(13)18/h2-9H,1H3. The highest BCUT2D eigenvalue weighted by atomic mass is 79.9. The highest BCUT2D eigenvalue weighted by molar-refractivity contribution is 9.10. The summed E-state index contributed by atoms with van der Waals surface area (Å²) in [6, 6.07) is 10.1. The summed E-state index contributed by atoms with van der Waals surface area (Å²) in [5, 5.41) is 0.437. The zero-order valence-corrected chi connectivity index (χ0v) is 12.5. The average Bonchev–Trinajstić information content (AvgIpc) is 2.38. The van der Waals surface area contributed by atoms with E-state index in [1.165, 1.54) is 6.07 Å². The van der Waals surface area contributed by atoms with E-state index in [1.54, 1.807) is 37.3 Å². The van der Waals surface area contributed by atoms with Crippen LogP contribution in [0.5, 0.6) is 0 Å². The van der Waals surface area contributed by atoms with Gasteiger partial charge in [-0.15, -0.1) is 0 Å². The number of carbonyl (C=O) groups excluding carboxylic acids is 1. The van der Waals surface area contributed by atoms with Crippen molar-refractivity contribution in [1.82, 2.24) is 0 Å². The number of carbonyl (C=O) groups is 1. The molecule has 0 N–H and O–H groups in total. The normalized spacial score (nSPS) is 12.2. The third kappa shape index (κ3) is 3.04. The predicted molar refractivity (Wildman–Crippen MR) is 79.0 cm³/mol. The minimum absolute atomic E-state index is 0.221. The van der Waals surface area contributed by atoms with Gasteiger partial charge in [-0.1, -0.05) is 52.7 Å². The summed E-state index contributed by atoms with van der Waals surface area (Å²) >= 11 is 9.40. The zero-order chi connectivity index (χ0) is 14.0. The lowest BCUT2D eigenvalue weighted by Gasteiger charge is -2.10. The predicted octanol–water partition coefficient (Wildman–Crippen LogP) is 5.21. The van der Waals surface area contributed by atoms with Gasteiger partial charge in [0.1, 0.15) is 12.1 Å². The SMILES string of the molecule is CC(C=O)c1ccc(-c2ccc(Br)cc2F)c(Cl)c1. The van der Waals surface area contributed by atoms with E-state index in [1.807, 2.05) is 0 Å². The molecular weight excluding hydrogens is 331 g/mol. The van der Waals surface area contributed by atoms with E-state index in [9.17, 15) is 9.18 Å². The molecule has 0 spiro atoms. The lowest BCUT2D eigenvalue weighted by Crippen LogP contribution is -1.95. The number of hydrogen-bond donors (Lipinski definition) is 0. The second-order valence-corrected chi connectivity index (χ2v) is 5.61. The van der Waals surface area contributed by atoms with Crippen LogP contribution in [-0.4, -0.2) is 6.29 Å². The molecular formula is C15H11BrClFO. The summed E-state index contributed by atoms with van der Waals surface area (Å²) < 4.78 is 14.6. The van der Waals surface area contributed by atoms with E-state index < -0.39 is 0 Å². The Hall–Kier alpha value is -1.19. The van der Waals surface area contributed by atoms with Gasteiger partial charge in [-0.3, -0.25) is 0 Å². The van der Waals surface area contributed by atoms with Crippen LogP contribution in [0, 0.1) is 5.82 Å². The van der Waals surface area contributed by atoms with E-state index in [0.29, 0.717) is 20.6 Å². The molecule has 1 atom stereocenters. The number of halogens is 3. The van der Waals surface area contributed by atoms with Gasteiger partial charge in [0.15, 0.2) is 0 Å². The van der Waals surface area contributed by atoms with Crippen LogP contribution in [0.1, 0.15) is 18.4 Å². The maximum Gasteiger partial charge on any atom is 0.132 e. The molecule has 0 fully saturated rings. The first-order valence-corrected chi connectivity index (χ1v) is 6.90. The Labute approximate surface area is 124 Å². The summed E-state index contributed by atoms with van der Waals surface area (Å²) in [4.78, 5) is 10.8. The van der Waals surface area contributed by atoms with Gasteiger partial charge in [0.2, 0.25) is 0 Å². The van der Waals surface area contributed by atoms with Gasteiger partial charge < -0.3 is 4.79 Å². The smallest absolute Gasteiger partial charge is 0.132 e. The van der Waals surface area contributed by atoms with Gasteiger partial charge in [0.05, 0.1) is 0 Å². The molecule has 2 aromatic carbocycles. The fourth-order valence-electron chi connectivity index (χ4n) is 1.82. The van der Waals surface area contributed by atoms with Crippen LogP contribution >= 0.6 is 27.5 Å². The fraction of sp³-hybridized carbons (Fsp3) is 0.133. The average molecular weight is 342 g/mol. The molecule has 0 aromatic heterocycles. The van der Waals surface area contributed by atoms with Crippen LogP contribution in [-0.2, 0) is 4.79 Å². The first-order valence-electron chi connectivity index (χ1n) is 5.73. The van der Waals surface area contributed by atoms with Crippen molar-refractivity contribution < 1.29 is 9.18 Å². The Kier molecular flexibility index (Phi) is 4.38. The van der Waals surface area contributed by atoms with E-state index in [4.69, 9.17) is 11.6 Å². The highest BCUT2D eigenvalue weighted by Gasteiger charge is 2.12. The monoisotopic (exact) mass is 340 g/mol. The van der Waals surface area contributed by atoms with Crippen LogP contribution in [0.3, 0.4) is 0 Å². The Morgan fingerprint density at radius 2 is 1.89 bits per heavy atom. The van der Waals surface area contributed by atoms with Crippen molar-refractivity contribution in [3.05, 3.63) is 57.3 Å². The van der Waals surface area contributed by atoms with Crippen molar-refractivity contribution in [2.45, 2.75) is 12.8 Å². The van der Waals surface area contributed by atoms with Gasteiger partial charge in [-0.05, 0) is 23.8 Å². The van der Waals surface area contributed by atoms with Gasteiger partial charge >= 0.3 is 0 Å². The molecule has 1 nitrogen and oxygen atoms in total. The van der Waals surface area contributed by atoms with Gasteiger partial charge in [0, 0.05) is 26.5 Å². The van der Waals surface area contributed by atoms with Crippen LogP contribution < -0.4 is 0 Å². The Balaban J connectivity index is 2.49. The molecule has 0 aliphatic carbocycles. The van der Waals surface area contributed by atoms with Crippen molar-refractivity contribution in [2.75, 3.05) is 0 Å². The molecule has 0 amide bonds. The van der Waals surface area contributed by atoms with Crippen molar-refractivity contribution in [3.63, 3.8) is 0 Å². The van der Waals surface area contributed by atoms with Crippen LogP contribution in [0.15, 0.2) is 40.9 Å². The van der Waals surface area contributed by atoms with Gasteiger partial charge in [-0.25, -0.2) is 4.39 Å². The third-order valence-corrected chi connectivity index (χ3v) is 3.75. The molecule has 0 aliphatic rings. The molecule has 0 bridgehead atoms. The first kappa shape index (κ1) is 14.2. The Morgan fingerprint density at radius 3 is 2.47 bits per heavy atom. The van der Waals surface area contributed by atoms with Crippen molar-refractivity contribution in [3.8, 4) is 11.1 Å². The zero-order valence-electron chi connectivity index (χ0n) is 10.2. The molecule has 1 unspecified atom stereocenters. The Bertz CT molecular complexity index is 628. The quantitative estimate of drug-likeness (QED) is 0.700. The molecule has 0 radical (unpaired) electrons. The third-order valence-electron chi connectivity index (χ3n) is 2.94. The summed E-state index contributed by atoms with van der Waals surface area (Å²) in [6.45, 7) is 1.79. The molecule has 0 saturated carbocycles. The molecule has 0 aliphatic heterocycles. The summed E-state index contributed by atoms with van der Waals surface area (Å²) in [5.74, 6) is -0.561. The minimum atomic E-state index is -0.340. The summed E-state index contributed by atoms with van der Waals surface area (Å²) in [7, 11) is 0. The highest BCUT2D eigenvalue weighted by Crippen LogP contribution is 2.33. The summed E-state index contributed by atoms with van der Waals surface area (Å²) in [5.41, 5.74) is 1.88. The largest absolute Gasteiger partial charge is 0.303 e. The van der Waals surface area contributed by atoms with Gasteiger partial charge in [0.25, 0.3) is 0 Å². The molecule has 98 valence electrons. The Morgan fingerprint density at radius 1 is 1.21 bits per heavy atom. The van der Waals surface area contributed by atoms with E-state index in [2.05, 4.69) is 15.9 Å². The number of rotatable bonds is 3. The minimum Gasteiger partial charge on any atom is -0.303 e. The van der Waals surface area contributed by atoms with Crippen molar-refractivity contribution in [1.29, 1.82) is 0 Å². The van der Waals surface area contributed by atoms with Gasteiger partial charge in [-0.2, -0.15) is 0 Å². The fourth-order valence-corrected chi connectivity index (χ4v) is 2.44. The second kappa shape index (κ2) is 5.85. The van der Waals surface area contributed by atoms with E-state index >= 15 is 0 Å². The molecule has 0 heterocycles. The molecule has 2 rings (SSSR count). The van der Waals surface area contributed by atoms with E-state index in [0.717, 1.165) is 11.8 Å². The number of hydrogen-bond acceptors (Lipinski definition) is 1. The molecule has 4 heteroatoms. The molecule has 0 saturated heterocycles. The lowest BCUT2D eigenvalue weighted by atomic mass is 9.98. The van der Waals surface area contributed by atoms with Crippen molar-refractivity contribution in [2.24, 2.45) is 0 Å². The maximum atomic E-state index is 13.9. The van der Waals surface area contributed by atoms with E-state index in [-0.39, 0.29) is 11.7 Å². The second-order valence-electron chi connectivity index (χ2n) is 4.29. The molecule has 2 aromatic rings. The summed E-state index contributed by atoms with van der Waals surface area (Å²) in [6.07, 6.45) is 0.853. The van der Waals surface area contributed by atoms with Crippen molar-refractivity contribution >= 4 is 33.8 Å². The van der Waals surface area contributed by atoms with Crippen LogP contribution in [0.25, 0.3) is 11.1 Å².